The normalized spacial score (nSPS) is 10.2. The van der Waals surface area contributed by atoms with Crippen molar-refractivity contribution in [3.8, 4) is 17.2 Å². The summed E-state index contributed by atoms with van der Waals surface area (Å²) in [7, 11) is 4.88. The molecule has 1 aromatic heterocycles. The second kappa shape index (κ2) is 9.40. The van der Waals surface area contributed by atoms with Gasteiger partial charge in [-0.15, -0.1) is 5.10 Å². The lowest BCUT2D eigenvalue weighted by Gasteiger charge is -2.11. The maximum absolute atomic E-state index is 5.35. The second-order valence-corrected chi connectivity index (χ2v) is 5.87. The van der Waals surface area contributed by atoms with Crippen molar-refractivity contribution in [2.75, 3.05) is 32.0 Å². The number of anilines is 2. The predicted molar refractivity (Wildman–Crippen MR) is 107 cm³/mol. The molecular formula is C20H23N5O3. The number of para-hydroxylation sites is 1. The third-order valence-corrected chi connectivity index (χ3v) is 4.11. The summed E-state index contributed by atoms with van der Waals surface area (Å²) in [5, 5.41) is 14.4. The summed E-state index contributed by atoms with van der Waals surface area (Å²) in [4.78, 5) is 4.44. The highest BCUT2D eigenvalue weighted by atomic mass is 16.5. The van der Waals surface area contributed by atoms with Crippen LogP contribution in [-0.2, 0) is 13.1 Å². The highest BCUT2D eigenvalue weighted by Crippen LogP contribution is 2.27. The molecule has 0 unspecified atom stereocenters. The number of rotatable bonds is 9. The van der Waals surface area contributed by atoms with E-state index in [0.717, 1.165) is 16.9 Å². The Morgan fingerprint density at radius 1 is 0.821 bits per heavy atom. The van der Waals surface area contributed by atoms with Crippen LogP contribution in [0.5, 0.6) is 17.2 Å². The first-order valence-electron chi connectivity index (χ1n) is 8.73. The van der Waals surface area contributed by atoms with Crippen LogP contribution >= 0.6 is 0 Å². The van der Waals surface area contributed by atoms with Gasteiger partial charge in [0.2, 0.25) is 5.95 Å². The van der Waals surface area contributed by atoms with Gasteiger partial charge in [0.25, 0.3) is 0 Å². The van der Waals surface area contributed by atoms with E-state index in [1.807, 2.05) is 42.5 Å². The standard InChI is InChI=1S/C20H23N5O3/c1-26-16-7-5-4-6-15(16)12-22-20-24-19(13-23-25-20)21-11-14-8-9-17(27-2)18(10-14)28-3/h4-10,13H,11-12H2,1-3H3,(H2,21,22,24,25). The third-order valence-electron chi connectivity index (χ3n) is 4.11. The molecule has 0 radical (unpaired) electrons. The highest BCUT2D eigenvalue weighted by molar-refractivity contribution is 5.45. The molecule has 1 heterocycles. The molecule has 0 bridgehead atoms. The van der Waals surface area contributed by atoms with Crippen LogP contribution in [0.1, 0.15) is 11.1 Å². The van der Waals surface area contributed by atoms with Crippen molar-refractivity contribution in [3.05, 3.63) is 59.8 Å². The molecule has 0 saturated carbocycles. The first kappa shape index (κ1) is 19.2. The van der Waals surface area contributed by atoms with E-state index in [0.29, 0.717) is 36.4 Å². The molecule has 0 aliphatic heterocycles. The van der Waals surface area contributed by atoms with E-state index in [2.05, 4.69) is 25.8 Å². The molecule has 8 nitrogen and oxygen atoms in total. The Bertz CT molecular complexity index is 920. The maximum atomic E-state index is 5.35. The van der Waals surface area contributed by atoms with Gasteiger partial charge in [-0.25, -0.2) is 0 Å². The fourth-order valence-corrected chi connectivity index (χ4v) is 2.67. The summed E-state index contributed by atoms with van der Waals surface area (Å²) in [6, 6.07) is 13.5. The maximum Gasteiger partial charge on any atom is 0.244 e. The lowest BCUT2D eigenvalue weighted by Crippen LogP contribution is -2.08. The van der Waals surface area contributed by atoms with E-state index in [9.17, 15) is 0 Å². The van der Waals surface area contributed by atoms with Crippen LogP contribution in [-0.4, -0.2) is 36.5 Å². The Balaban J connectivity index is 1.62. The molecule has 0 spiro atoms. The monoisotopic (exact) mass is 381 g/mol. The van der Waals surface area contributed by atoms with E-state index in [1.165, 1.54) is 0 Å². The van der Waals surface area contributed by atoms with Gasteiger partial charge < -0.3 is 24.8 Å². The molecule has 0 fully saturated rings. The van der Waals surface area contributed by atoms with Gasteiger partial charge in [-0.2, -0.15) is 10.1 Å². The average Bonchev–Trinajstić information content (AvgIpc) is 2.76. The van der Waals surface area contributed by atoms with Gasteiger partial charge in [0, 0.05) is 18.7 Å². The van der Waals surface area contributed by atoms with Crippen LogP contribution in [0.15, 0.2) is 48.7 Å². The Morgan fingerprint density at radius 3 is 2.39 bits per heavy atom. The predicted octanol–water partition coefficient (Wildman–Crippen LogP) is 3.12. The van der Waals surface area contributed by atoms with Crippen molar-refractivity contribution >= 4 is 11.8 Å². The van der Waals surface area contributed by atoms with Crippen LogP contribution in [0, 0.1) is 0 Å². The number of nitrogens with zero attached hydrogens (tertiary/aromatic N) is 3. The summed E-state index contributed by atoms with van der Waals surface area (Å²) in [6.07, 6.45) is 1.58. The Kier molecular flexibility index (Phi) is 6.46. The molecule has 3 aromatic rings. The van der Waals surface area contributed by atoms with Crippen LogP contribution in [0.3, 0.4) is 0 Å². The van der Waals surface area contributed by atoms with Gasteiger partial charge in [-0.1, -0.05) is 24.3 Å². The average molecular weight is 381 g/mol. The fourth-order valence-electron chi connectivity index (χ4n) is 2.67. The van der Waals surface area contributed by atoms with Crippen LogP contribution in [0.2, 0.25) is 0 Å². The quantitative estimate of drug-likeness (QED) is 0.584. The van der Waals surface area contributed by atoms with Gasteiger partial charge in [0.05, 0.1) is 27.5 Å². The minimum atomic E-state index is 0.434. The lowest BCUT2D eigenvalue weighted by atomic mass is 10.2. The zero-order valence-electron chi connectivity index (χ0n) is 16.1. The van der Waals surface area contributed by atoms with E-state index < -0.39 is 0 Å². The molecule has 3 rings (SSSR count). The number of methoxy groups -OCH3 is 3. The van der Waals surface area contributed by atoms with E-state index in [4.69, 9.17) is 14.2 Å². The first-order chi connectivity index (χ1) is 13.7. The smallest absolute Gasteiger partial charge is 0.244 e. The van der Waals surface area contributed by atoms with Crippen molar-refractivity contribution in [1.29, 1.82) is 0 Å². The SMILES string of the molecule is COc1ccccc1CNc1nncc(NCc2ccc(OC)c(OC)c2)n1. The summed E-state index contributed by atoms with van der Waals surface area (Å²) in [5.41, 5.74) is 2.04. The molecule has 0 aliphatic rings. The minimum absolute atomic E-state index is 0.434. The Hall–Kier alpha value is -3.55. The number of benzene rings is 2. The lowest BCUT2D eigenvalue weighted by molar-refractivity contribution is 0.354. The fraction of sp³-hybridized carbons (Fsp3) is 0.250. The summed E-state index contributed by atoms with van der Waals surface area (Å²) in [5.74, 6) is 3.24. The highest BCUT2D eigenvalue weighted by Gasteiger charge is 2.06. The topological polar surface area (TPSA) is 90.4 Å². The number of aromatic nitrogens is 3. The zero-order chi connectivity index (χ0) is 19.8. The molecule has 0 saturated heterocycles. The molecule has 2 aromatic carbocycles. The van der Waals surface area contributed by atoms with Crippen molar-refractivity contribution in [1.82, 2.24) is 15.2 Å². The van der Waals surface area contributed by atoms with E-state index >= 15 is 0 Å². The largest absolute Gasteiger partial charge is 0.496 e. The minimum Gasteiger partial charge on any atom is -0.496 e. The molecular weight excluding hydrogens is 358 g/mol. The number of hydrogen-bond acceptors (Lipinski definition) is 8. The van der Waals surface area contributed by atoms with Crippen molar-refractivity contribution < 1.29 is 14.2 Å². The summed E-state index contributed by atoms with van der Waals surface area (Å²) in [6.45, 7) is 1.09. The Labute approximate surface area is 163 Å². The number of ether oxygens (including phenoxy) is 3. The third kappa shape index (κ3) is 4.79. The summed E-state index contributed by atoms with van der Waals surface area (Å²) >= 11 is 0. The molecule has 28 heavy (non-hydrogen) atoms. The molecule has 8 heteroatoms. The summed E-state index contributed by atoms with van der Waals surface area (Å²) < 4.78 is 15.9. The van der Waals surface area contributed by atoms with Crippen molar-refractivity contribution in [3.63, 3.8) is 0 Å². The van der Waals surface area contributed by atoms with Crippen molar-refractivity contribution in [2.24, 2.45) is 0 Å². The molecule has 0 amide bonds. The number of hydrogen-bond donors (Lipinski definition) is 2. The van der Waals surface area contributed by atoms with E-state index in [-0.39, 0.29) is 0 Å². The zero-order valence-corrected chi connectivity index (χ0v) is 16.1. The van der Waals surface area contributed by atoms with Gasteiger partial charge in [0.1, 0.15) is 5.75 Å². The molecule has 0 atom stereocenters. The van der Waals surface area contributed by atoms with Gasteiger partial charge in [-0.05, 0) is 23.8 Å². The van der Waals surface area contributed by atoms with Crippen LogP contribution in [0.25, 0.3) is 0 Å². The second-order valence-electron chi connectivity index (χ2n) is 5.87. The molecule has 2 N–H and O–H groups in total. The molecule has 0 aliphatic carbocycles. The van der Waals surface area contributed by atoms with Gasteiger partial charge >= 0.3 is 0 Å². The van der Waals surface area contributed by atoms with Gasteiger partial charge in [-0.3, -0.25) is 0 Å². The van der Waals surface area contributed by atoms with E-state index in [1.54, 1.807) is 27.5 Å². The van der Waals surface area contributed by atoms with Crippen LogP contribution in [0.4, 0.5) is 11.8 Å². The number of nitrogens with one attached hydrogen (secondary N) is 2. The van der Waals surface area contributed by atoms with Gasteiger partial charge in [0.15, 0.2) is 17.3 Å². The van der Waals surface area contributed by atoms with Crippen molar-refractivity contribution in [2.45, 2.75) is 13.1 Å². The molecule has 146 valence electrons. The van der Waals surface area contributed by atoms with Crippen LogP contribution < -0.4 is 24.8 Å². The Morgan fingerprint density at radius 2 is 1.61 bits per heavy atom. The first-order valence-corrected chi connectivity index (χ1v) is 8.73.